The highest BCUT2D eigenvalue weighted by atomic mass is 28.4. The van der Waals surface area contributed by atoms with E-state index in [0.717, 1.165) is 17.9 Å². The van der Waals surface area contributed by atoms with Crippen LogP contribution in [0.25, 0.3) is 0 Å². The van der Waals surface area contributed by atoms with Gasteiger partial charge in [-0.1, -0.05) is 46.5 Å². The Hall–Kier alpha value is 0.177. The van der Waals surface area contributed by atoms with Gasteiger partial charge in [-0.3, -0.25) is 0 Å². The van der Waals surface area contributed by atoms with Gasteiger partial charge < -0.3 is 4.80 Å². The van der Waals surface area contributed by atoms with Gasteiger partial charge in [0.05, 0.1) is 0 Å². The molecule has 0 amide bonds. The van der Waals surface area contributed by atoms with Crippen LogP contribution in [0.4, 0.5) is 0 Å². The maximum Gasteiger partial charge on any atom is 0.182 e. The third kappa shape index (κ3) is 10.3. The smallest absolute Gasteiger partial charge is 0.182 e. The molecule has 0 heterocycles. The Bertz CT molecular complexity index is 138. The molecule has 0 saturated carbocycles. The molecule has 0 spiro atoms. The van der Waals surface area contributed by atoms with Crippen LogP contribution < -0.4 is 0 Å². The third-order valence-electron chi connectivity index (χ3n) is 2.73. The van der Waals surface area contributed by atoms with Gasteiger partial charge in [-0.15, -0.1) is 0 Å². The lowest BCUT2D eigenvalue weighted by Gasteiger charge is -2.17. The monoisotopic (exact) mass is 216 g/mol. The van der Waals surface area contributed by atoms with Gasteiger partial charge in [-0.05, 0) is 31.0 Å². The summed E-state index contributed by atoms with van der Waals surface area (Å²) in [6.45, 7) is 11.0. The average molecular weight is 216 g/mol. The van der Waals surface area contributed by atoms with Crippen molar-refractivity contribution in [3.63, 3.8) is 0 Å². The largest absolute Gasteiger partial charge is 0.432 e. The molecule has 0 aromatic heterocycles. The molecule has 14 heavy (non-hydrogen) atoms. The highest BCUT2D eigenvalue weighted by molar-refractivity contribution is 6.69. The molecule has 0 radical (unpaired) electrons. The molecule has 1 nitrogen and oxygen atoms in total. The number of rotatable bonds is 7. The van der Waals surface area contributed by atoms with Crippen LogP contribution in [0.15, 0.2) is 0 Å². The summed E-state index contributed by atoms with van der Waals surface area (Å²) in [6, 6.07) is 1.07. The maximum atomic E-state index is 9.72. The molecular formula is C12H28OSi. The molecule has 1 N–H and O–H groups in total. The highest BCUT2D eigenvalue weighted by Gasteiger charge is 2.17. The van der Waals surface area contributed by atoms with E-state index in [2.05, 4.69) is 20.8 Å². The molecule has 0 aromatic carbocycles. The predicted octanol–water partition coefficient (Wildman–Crippen LogP) is 4.04. The Morgan fingerprint density at radius 1 is 1.00 bits per heavy atom. The highest BCUT2D eigenvalue weighted by Crippen LogP contribution is 2.20. The molecule has 0 bridgehead atoms. The number of hydrogen-bond donors (Lipinski definition) is 1. The summed E-state index contributed by atoms with van der Waals surface area (Å²) in [4.78, 5) is 9.72. The Morgan fingerprint density at radius 2 is 1.57 bits per heavy atom. The fraction of sp³-hybridized carbons (Fsp3) is 1.00. The van der Waals surface area contributed by atoms with Gasteiger partial charge in [0.15, 0.2) is 8.32 Å². The molecule has 0 fully saturated rings. The van der Waals surface area contributed by atoms with Gasteiger partial charge in [0.25, 0.3) is 0 Å². The second kappa shape index (κ2) is 6.62. The van der Waals surface area contributed by atoms with E-state index in [4.69, 9.17) is 0 Å². The summed E-state index contributed by atoms with van der Waals surface area (Å²) in [5.41, 5.74) is 0. The van der Waals surface area contributed by atoms with Crippen LogP contribution in [0.1, 0.15) is 46.5 Å². The first-order valence-electron chi connectivity index (χ1n) is 6.03. The Kier molecular flexibility index (Phi) is 6.71. The van der Waals surface area contributed by atoms with Gasteiger partial charge in [0.1, 0.15) is 0 Å². The zero-order chi connectivity index (χ0) is 11.2. The zero-order valence-corrected chi connectivity index (χ0v) is 11.6. The van der Waals surface area contributed by atoms with Crippen molar-refractivity contribution in [1.82, 2.24) is 0 Å². The molecule has 2 heteroatoms. The van der Waals surface area contributed by atoms with Crippen LogP contribution in [0.5, 0.6) is 0 Å². The van der Waals surface area contributed by atoms with E-state index < -0.39 is 8.32 Å². The first-order valence-corrected chi connectivity index (χ1v) is 9.19. The molecule has 86 valence electrons. The Labute approximate surface area is 91.1 Å². The molecule has 1 unspecified atom stereocenters. The summed E-state index contributed by atoms with van der Waals surface area (Å²) < 4.78 is 0. The summed E-state index contributed by atoms with van der Waals surface area (Å²) in [7, 11) is -1.78. The first kappa shape index (κ1) is 14.2. The Morgan fingerprint density at radius 3 is 2.00 bits per heavy atom. The lowest BCUT2D eigenvalue weighted by Crippen LogP contribution is -2.25. The van der Waals surface area contributed by atoms with E-state index in [1.165, 1.54) is 25.7 Å². The van der Waals surface area contributed by atoms with Gasteiger partial charge >= 0.3 is 0 Å². The van der Waals surface area contributed by atoms with Crippen LogP contribution in [0, 0.1) is 11.8 Å². The second-order valence-electron chi connectivity index (χ2n) is 5.78. The van der Waals surface area contributed by atoms with Crippen molar-refractivity contribution in [2.75, 3.05) is 0 Å². The molecule has 1 atom stereocenters. The van der Waals surface area contributed by atoms with E-state index in [-0.39, 0.29) is 0 Å². The van der Waals surface area contributed by atoms with Crippen LogP contribution in [0.2, 0.25) is 19.1 Å². The zero-order valence-electron chi connectivity index (χ0n) is 10.6. The van der Waals surface area contributed by atoms with E-state index in [1.807, 2.05) is 13.1 Å². The van der Waals surface area contributed by atoms with E-state index in [9.17, 15) is 4.80 Å². The van der Waals surface area contributed by atoms with Crippen molar-refractivity contribution < 1.29 is 4.80 Å². The van der Waals surface area contributed by atoms with Crippen LogP contribution in [-0.2, 0) is 0 Å². The molecule has 0 aliphatic rings. The minimum atomic E-state index is -1.78. The normalized spacial score (nSPS) is 14.8. The van der Waals surface area contributed by atoms with Gasteiger partial charge in [-0.25, -0.2) is 0 Å². The van der Waals surface area contributed by atoms with Crippen LogP contribution >= 0.6 is 0 Å². The van der Waals surface area contributed by atoms with Crippen molar-refractivity contribution in [2.24, 2.45) is 11.8 Å². The minimum Gasteiger partial charge on any atom is -0.432 e. The van der Waals surface area contributed by atoms with Gasteiger partial charge in [0.2, 0.25) is 0 Å². The fourth-order valence-electron chi connectivity index (χ4n) is 1.62. The fourth-order valence-corrected chi connectivity index (χ4v) is 2.82. The standard InChI is InChI=1S/C12H28OSi/c1-11(2)7-6-8-12(3)9-10-14(4,5)13/h11-13H,6-10H2,1-5H3. The van der Waals surface area contributed by atoms with Crippen LogP contribution in [-0.4, -0.2) is 13.1 Å². The van der Waals surface area contributed by atoms with E-state index in [0.29, 0.717) is 0 Å². The van der Waals surface area contributed by atoms with Crippen LogP contribution in [0.3, 0.4) is 0 Å². The second-order valence-corrected chi connectivity index (χ2v) is 9.91. The molecule has 0 aliphatic carbocycles. The summed E-state index contributed by atoms with van der Waals surface area (Å²) in [5.74, 6) is 1.64. The van der Waals surface area contributed by atoms with E-state index >= 15 is 0 Å². The number of hydrogen-bond acceptors (Lipinski definition) is 1. The topological polar surface area (TPSA) is 20.2 Å². The molecule has 0 rings (SSSR count). The summed E-state index contributed by atoms with van der Waals surface area (Å²) in [6.07, 6.45) is 5.26. The minimum absolute atomic E-state index is 0.799. The van der Waals surface area contributed by atoms with Crippen molar-refractivity contribution >= 4 is 8.32 Å². The van der Waals surface area contributed by atoms with Gasteiger partial charge in [0, 0.05) is 0 Å². The van der Waals surface area contributed by atoms with Gasteiger partial charge in [-0.2, -0.15) is 0 Å². The molecule has 0 aromatic rings. The van der Waals surface area contributed by atoms with Crippen molar-refractivity contribution in [1.29, 1.82) is 0 Å². The maximum absolute atomic E-state index is 9.72. The quantitative estimate of drug-likeness (QED) is 0.637. The van der Waals surface area contributed by atoms with Crippen molar-refractivity contribution in [3.8, 4) is 0 Å². The lowest BCUT2D eigenvalue weighted by atomic mass is 9.98. The predicted molar refractivity (Wildman–Crippen MR) is 67.0 cm³/mol. The SMILES string of the molecule is CC(C)CCCC(C)CC[Si](C)(C)O. The van der Waals surface area contributed by atoms with E-state index in [1.54, 1.807) is 0 Å². The summed E-state index contributed by atoms with van der Waals surface area (Å²) in [5, 5.41) is 0. The molecule has 0 saturated heterocycles. The molecule has 0 aliphatic heterocycles. The third-order valence-corrected chi connectivity index (χ3v) is 4.24. The first-order chi connectivity index (χ1) is 6.31. The average Bonchev–Trinajstić information content (AvgIpc) is 1.99. The Balaban J connectivity index is 3.42. The van der Waals surface area contributed by atoms with Crippen molar-refractivity contribution in [2.45, 2.75) is 65.6 Å². The molecular weight excluding hydrogens is 188 g/mol. The lowest BCUT2D eigenvalue weighted by molar-refractivity contribution is 0.438. The van der Waals surface area contributed by atoms with Crippen molar-refractivity contribution in [3.05, 3.63) is 0 Å². The summed E-state index contributed by atoms with van der Waals surface area (Å²) >= 11 is 0.